The summed E-state index contributed by atoms with van der Waals surface area (Å²) in [6, 6.07) is 61.4. The molecule has 0 saturated heterocycles. The van der Waals surface area contributed by atoms with Crippen molar-refractivity contribution in [2.24, 2.45) is 0 Å². The van der Waals surface area contributed by atoms with E-state index in [1.54, 1.807) is 0 Å². The molecule has 0 fully saturated rings. The van der Waals surface area contributed by atoms with Gasteiger partial charge in [-0.3, -0.25) is 0 Å². The first-order valence-corrected chi connectivity index (χ1v) is 15.1. The highest BCUT2D eigenvalue weighted by molar-refractivity contribution is 6.19. The highest BCUT2D eigenvalue weighted by Crippen LogP contribution is 2.45. The van der Waals surface area contributed by atoms with Crippen LogP contribution in [0.3, 0.4) is 0 Å². The number of rotatable bonds is 4. The average molecular weight is 561 g/mol. The van der Waals surface area contributed by atoms with Gasteiger partial charge in [-0.2, -0.15) is 0 Å². The molecule has 0 aliphatic heterocycles. The van der Waals surface area contributed by atoms with Crippen molar-refractivity contribution in [1.82, 2.24) is 9.13 Å². The molecule has 2 nitrogen and oxygen atoms in total. The van der Waals surface area contributed by atoms with Gasteiger partial charge < -0.3 is 9.13 Å². The Morgan fingerprint density at radius 3 is 1.50 bits per heavy atom. The zero-order valence-electron chi connectivity index (χ0n) is 24.1. The zero-order chi connectivity index (χ0) is 29.0. The fourth-order valence-electron chi connectivity index (χ4n) is 7.05. The normalized spacial score (nSPS) is 11.6. The van der Waals surface area contributed by atoms with Gasteiger partial charge in [0.05, 0.1) is 22.1 Å². The Morgan fingerprint density at radius 2 is 0.818 bits per heavy atom. The van der Waals surface area contributed by atoms with Crippen LogP contribution in [0.25, 0.3) is 77.2 Å². The highest BCUT2D eigenvalue weighted by atomic mass is 15.0. The molecular formula is C42H28N2. The Hall–Kier alpha value is -5.86. The maximum Gasteiger partial charge on any atom is 0.0547 e. The molecule has 2 heteroatoms. The molecule has 0 aliphatic rings. The second-order valence-electron chi connectivity index (χ2n) is 11.4. The maximum absolute atomic E-state index is 2.43. The van der Waals surface area contributed by atoms with Crippen LogP contribution in [-0.2, 0) is 0 Å². The van der Waals surface area contributed by atoms with E-state index in [-0.39, 0.29) is 0 Å². The van der Waals surface area contributed by atoms with Crippen molar-refractivity contribution in [2.75, 3.05) is 0 Å². The molecule has 7 aromatic carbocycles. The van der Waals surface area contributed by atoms with Gasteiger partial charge in [-0.1, -0.05) is 115 Å². The maximum atomic E-state index is 2.43. The number of fused-ring (bicyclic) bond motifs is 6. The highest BCUT2D eigenvalue weighted by Gasteiger charge is 2.21. The molecule has 44 heavy (non-hydrogen) atoms. The lowest BCUT2D eigenvalue weighted by Crippen LogP contribution is -1.95. The lowest BCUT2D eigenvalue weighted by atomic mass is 9.90. The summed E-state index contributed by atoms with van der Waals surface area (Å²) in [4.78, 5) is 0. The Morgan fingerprint density at radius 1 is 0.295 bits per heavy atom. The number of benzene rings is 7. The van der Waals surface area contributed by atoms with Crippen molar-refractivity contribution in [3.05, 3.63) is 170 Å². The minimum absolute atomic E-state index is 1.17. The molecule has 0 amide bonds. The molecule has 2 aromatic heterocycles. The largest absolute Gasteiger partial charge is 0.309 e. The van der Waals surface area contributed by atoms with Crippen molar-refractivity contribution in [1.29, 1.82) is 0 Å². The van der Waals surface area contributed by atoms with Gasteiger partial charge in [-0.05, 0) is 76.9 Å². The molecule has 0 saturated carbocycles. The van der Waals surface area contributed by atoms with E-state index in [4.69, 9.17) is 0 Å². The molecule has 0 N–H and O–H groups in total. The first-order valence-electron chi connectivity index (χ1n) is 15.1. The summed E-state index contributed by atoms with van der Waals surface area (Å²) in [6.45, 7) is 0. The average Bonchev–Trinajstić information content (AvgIpc) is 3.61. The quantitative estimate of drug-likeness (QED) is 0.203. The Kier molecular flexibility index (Phi) is 5.54. The molecule has 0 radical (unpaired) electrons. The SMILES string of the molecule is c1ccc(-c2cc3c(cc2-c2cccc4c2c2ccccc2n4-c2ccccc2)c2ccccc2n3-c2ccccc2)cc1. The van der Waals surface area contributed by atoms with Gasteiger partial charge in [-0.15, -0.1) is 0 Å². The molecule has 0 spiro atoms. The van der Waals surface area contributed by atoms with E-state index in [0.717, 1.165) is 0 Å². The van der Waals surface area contributed by atoms with E-state index in [1.807, 2.05) is 0 Å². The minimum atomic E-state index is 1.17. The molecule has 0 unspecified atom stereocenters. The van der Waals surface area contributed by atoms with Gasteiger partial charge in [0.15, 0.2) is 0 Å². The number of hydrogen-bond acceptors (Lipinski definition) is 0. The number of para-hydroxylation sites is 4. The van der Waals surface area contributed by atoms with Gasteiger partial charge >= 0.3 is 0 Å². The Bertz CT molecular complexity index is 2470. The first-order chi connectivity index (χ1) is 21.9. The Labute approximate surface area is 255 Å². The van der Waals surface area contributed by atoms with E-state index in [1.165, 1.54) is 77.2 Å². The topological polar surface area (TPSA) is 9.86 Å². The molecular weight excluding hydrogens is 532 g/mol. The first kappa shape index (κ1) is 24.7. The predicted molar refractivity (Wildman–Crippen MR) is 186 cm³/mol. The van der Waals surface area contributed by atoms with E-state index in [2.05, 4.69) is 179 Å². The third-order valence-corrected chi connectivity index (χ3v) is 8.91. The third kappa shape index (κ3) is 3.68. The molecule has 0 atom stereocenters. The van der Waals surface area contributed by atoms with Crippen LogP contribution < -0.4 is 0 Å². The van der Waals surface area contributed by atoms with E-state index >= 15 is 0 Å². The van der Waals surface area contributed by atoms with Gasteiger partial charge in [-0.25, -0.2) is 0 Å². The minimum Gasteiger partial charge on any atom is -0.309 e. The molecule has 2 heterocycles. The fourth-order valence-corrected chi connectivity index (χ4v) is 7.05. The second kappa shape index (κ2) is 9.86. The van der Waals surface area contributed by atoms with Crippen LogP contribution in [-0.4, -0.2) is 9.13 Å². The van der Waals surface area contributed by atoms with Crippen molar-refractivity contribution in [3.8, 4) is 33.6 Å². The molecule has 9 aromatic rings. The standard InChI is InChI=1S/C42H28N2/c1-4-15-29(16-5-1)35-28-41-37(32-21-10-12-24-38(32)44(41)31-19-8-3-9-20-31)27-36(35)33-23-14-26-40-42(33)34-22-11-13-25-39(34)43(40)30-17-6-2-7-18-30/h1-28H. The summed E-state index contributed by atoms with van der Waals surface area (Å²) in [6.07, 6.45) is 0. The number of aromatic nitrogens is 2. The van der Waals surface area contributed by atoms with Crippen molar-refractivity contribution < 1.29 is 0 Å². The van der Waals surface area contributed by atoms with E-state index in [9.17, 15) is 0 Å². The van der Waals surface area contributed by atoms with Crippen LogP contribution >= 0.6 is 0 Å². The van der Waals surface area contributed by atoms with Crippen LogP contribution in [0.4, 0.5) is 0 Å². The number of nitrogens with zero attached hydrogens (tertiary/aromatic N) is 2. The van der Waals surface area contributed by atoms with E-state index < -0.39 is 0 Å². The molecule has 0 aliphatic carbocycles. The zero-order valence-corrected chi connectivity index (χ0v) is 24.1. The predicted octanol–water partition coefficient (Wildman–Crippen LogP) is 11.2. The third-order valence-electron chi connectivity index (χ3n) is 8.91. The summed E-state index contributed by atoms with van der Waals surface area (Å²) in [5.41, 5.74) is 12.1. The fraction of sp³-hybridized carbons (Fsp3) is 0. The van der Waals surface area contributed by atoms with Gasteiger partial charge in [0, 0.05) is 32.9 Å². The van der Waals surface area contributed by atoms with Crippen LogP contribution in [0.5, 0.6) is 0 Å². The monoisotopic (exact) mass is 560 g/mol. The second-order valence-corrected chi connectivity index (χ2v) is 11.4. The van der Waals surface area contributed by atoms with Crippen LogP contribution in [0, 0.1) is 0 Å². The lowest BCUT2D eigenvalue weighted by Gasteiger charge is -2.15. The smallest absolute Gasteiger partial charge is 0.0547 e. The Balaban J connectivity index is 1.44. The molecule has 9 rings (SSSR count). The molecule has 206 valence electrons. The summed E-state index contributed by atoms with van der Waals surface area (Å²) in [5.74, 6) is 0. The van der Waals surface area contributed by atoms with Gasteiger partial charge in [0.2, 0.25) is 0 Å². The van der Waals surface area contributed by atoms with E-state index in [0.29, 0.717) is 0 Å². The van der Waals surface area contributed by atoms with Gasteiger partial charge in [0.25, 0.3) is 0 Å². The molecule has 0 bridgehead atoms. The van der Waals surface area contributed by atoms with Crippen LogP contribution in [0.15, 0.2) is 170 Å². The summed E-state index contributed by atoms with van der Waals surface area (Å²) in [5, 5.41) is 5.04. The van der Waals surface area contributed by atoms with Crippen molar-refractivity contribution in [2.45, 2.75) is 0 Å². The van der Waals surface area contributed by atoms with Crippen molar-refractivity contribution >= 4 is 43.6 Å². The summed E-state index contributed by atoms with van der Waals surface area (Å²) < 4.78 is 4.80. The summed E-state index contributed by atoms with van der Waals surface area (Å²) in [7, 11) is 0. The van der Waals surface area contributed by atoms with Crippen LogP contribution in [0.2, 0.25) is 0 Å². The van der Waals surface area contributed by atoms with Gasteiger partial charge in [0.1, 0.15) is 0 Å². The number of hydrogen-bond donors (Lipinski definition) is 0. The summed E-state index contributed by atoms with van der Waals surface area (Å²) >= 11 is 0. The lowest BCUT2D eigenvalue weighted by molar-refractivity contribution is 1.18. The van der Waals surface area contributed by atoms with Crippen LogP contribution in [0.1, 0.15) is 0 Å². The van der Waals surface area contributed by atoms with Crippen molar-refractivity contribution in [3.63, 3.8) is 0 Å².